The van der Waals surface area contributed by atoms with Gasteiger partial charge in [-0.05, 0) is 33.5 Å². The molecule has 0 N–H and O–H groups in total. The standard InChI is InChI=1S/C10H21BO2/c1-7-8(2)11-12-9(3,4)10(5,6)13-11/h8H,7H2,1-6H3/t8-/m0/s1. The Kier molecular flexibility index (Phi) is 2.79. The van der Waals surface area contributed by atoms with E-state index in [9.17, 15) is 0 Å². The molecule has 0 aromatic rings. The summed E-state index contributed by atoms with van der Waals surface area (Å²) in [5, 5.41) is 0. The summed E-state index contributed by atoms with van der Waals surface area (Å²) in [6, 6.07) is 0. The Balaban J connectivity index is 2.70. The first kappa shape index (κ1) is 11.1. The van der Waals surface area contributed by atoms with Crippen LogP contribution in [0.25, 0.3) is 0 Å². The summed E-state index contributed by atoms with van der Waals surface area (Å²) in [7, 11) is -0.0324. The summed E-state index contributed by atoms with van der Waals surface area (Å²) < 4.78 is 11.8. The molecule has 0 amide bonds. The zero-order chi connectivity index (χ0) is 10.3. The molecule has 76 valence electrons. The molecule has 13 heavy (non-hydrogen) atoms. The van der Waals surface area contributed by atoms with Gasteiger partial charge in [-0.1, -0.05) is 20.3 Å². The van der Waals surface area contributed by atoms with Gasteiger partial charge in [-0.15, -0.1) is 0 Å². The molecule has 3 heteroatoms. The minimum absolute atomic E-state index is 0.0324. The molecular formula is C10H21BO2. The molecule has 0 aliphatic carbocycles. The highest BCUT2D eigenvalue weighted by atomic mass is 16.7. The molecular weight excluding hydrogens is 163 g/mol. The average Bonchev–Trinajstić information content (AvgIpc) is 2.20. The van der Waals surface area contributed by atoms with E-state index in [4.69, 9.17) is 9.31 Å². The molecule has 0 saturated carbocycles. The van der Waals surface area contributed by atoms with Crippen LogP contribution in [0, 0.1) is 0 Å². The van der Waals surface area contributed by atoms with E-state index >= 15 is 0 Å². The summed E-state index contributed by atoms with van der Waals surface area (Å²) in [4.78, 5) is 0. The Hall–Kier alpha value is -0.0151. The zero-order valence-electron chi connectivity index (χ0n) is 9.68. The first-order valence-electron chi connectivity index (χ1n) is 5.16. The maximum atomic E-state index is 5.89. The van der Waals surface area contributed by atoms with Crippen LogP contribution in [0.1, 0.15) is 48.0 Å². The van der Waals surface area contributed by atoms with E-state index in [1.54, 1.807) is 0 Å². The predicted octanol–water partition coefficient (Wildman–Crippen LogP) is 2.88. The molecule has 1 aliphatic rings. The van der Waals surface area contributed by atoms with Crippen molar-refractivity contribution < 1.29 is 9.31 Å². The lowest BCUT2D eigenvalue weighted by Gasteiger charge is -2.32. The van der Waals surface area contributed by atoms with Crippen molar-refractivity contribution in [2.45, 2.75) is 65.0 Å². The van der Waals surface area contributed by atoms with Gasteiger partial charge >= 0.3 is 7.12 Å². The highest BCUT2D eigenvalue weighted by Crippen LogP contribution is 2.40. The van der Waals surface area contributed by atoms with E-state index in [0.29, 0.717) is 5.82 Å². The third-order valence-electron chi connectivity index (χ3n) is 3.38. The van der Waals surface area contributed by atoms with Crippen LogP contribution in [-0.2, 0) is 9.31 Å². The quantitative estimate of drug-likeness (QED) is 0.614. The van der Waals surface area contributed by atoms with Crippen LogP contribution in [0.3, 0.4) is 0 Å². The van der Waals surface area contributed by atoms with E-state index < -0.39 is 0 Å². The lowest BCUT2D eigenvalue weighted by Crippen LogP contribution is -2.41. The summed E-state index contributed by atoms with van der Waals surface area (Å²) in [5.41, 5.74) is -0.359. The Morgan fingerprint density at radius 1 is 1.08 bits per heavy atom. The molecule has 1 saturated heterocycles. The Bertz CT molecular complexity index is 173. The van der Waals surface area contributed by atoms with Crippen molar-refractivity contribution in [3.8, 4) is 0 Å². The molecule has 1 atom stereocenters. The van der Waals surface area contributed by atoms with E-state index in [1.807, 2.05) is 0 Å². The minimum Gasteiger partial charge on any atom is -0.403 e. The van der Waals surface area contributed by atoms with E-state index in [1.165, 1.54) is 0 Å². The number of hydrogen-bond acceptors (Lipinski definition) is 2. The van der Waals surface area contributed by atoms with Crippen molar-refractivity contribution in [3.63, 3.8) is 0 Å². The molecule has 0 aromatic carbocycles. The largest absolute Gasteiger partial charge is 0.460 e. The van der Waals surface area contributed by atoms with Gasteiger partial charge in [-0.3, -0.25) is 0 Å². The fraction of sp³-hybridized carbons (Fsp3) is 1.00. The molecule has 1 rings (SSSR count). The van der Waals surface area contributed by atoms with Gasteiger partial charge < -0.3 is 9.31 Å². The van der Waals surface area contributed by atoms with Crippen LogP contribution >= 0.6 is 0 Å². The van der Waals surface area contributed by atoms with Crippen LogP contribution in [0.2, 0.25) is 5.82 Å². The van der Waals surface area contributed by atoms with Crippen LogP contribution in [0.15, 0.2) is 0 Å². The van der Waals surface area contributed by atoms with Gasteiger partial charge in [0.05, 0.1) is 11.2 Å². The second-order valence-corrected chi connectivity index (χ2v) is 5.01. The summed E-state index contributed by atoms with van der Waals surface area (Å²) >= 11 is 0. The van der Waals surface area contributed by atoms with Crippen LogP contribution in [0.4, 0.5) is 0 Å². The molecule has 2 nitrogen and oxygen atoms in total. The van der Waals surface area contributed by atoms with Gasteiger partial charge in [0.25, 0.3) is 0 Å². The van der Waals surface area contributed by atoms with E-state index in [2.05, 4.69) is 41.5 Å². The van der Waals surface area contributed by atoms with Gasteiger partial charge in [-0.2, -0.15) is 0 Å². The van der Waals surface area contributed by atoms with Crippen LogP contribution in [0.5, 0.6) is 0 Å². The average molecular weight is 184 g/mol. The van der Waals surface area contributed by atoms with Crippen molar-refractivity contribution in [2.24, 2.45) is 0 Å². The monoisotopic (exact) mass is 184 g/mol. The van der Waals surface area contributed by atoms with Crippen molar-refractivity contribution in [1.29, 1.82) is 0 Å². The number of rotatable bonds is 2. The third-order valence-corrected chi connectivity index (χ3v) is 3.38. The first-order valence-corrected chi connectivity index (χ1v) is 5.16. The predicted molar refractivity (Wildman–Crippen MR) is 55.8 cm³/mol. The lowest BCUT2D eigenvalue weighted by molar-refractivity contribution is 0.00578. The van der Waals surface area contributed by atoms with Crippen molar-refractivity contribution in [1.82, 2.24) is 0 Å². The lowest BCUT2D eigenvalue weighted by atomic mass is 9.72. The molecule has 1 aliphatic heterocycles. The van der Waals surface area contributed by atoms with Gasteiger partial charge in [-0.25, -0.2) is 0 Å². The Labute approximate surface area is 82.1 Å². The molecule has 0 spiro atoms. The highest BCUT2D eigenvalue weighted by molar-refractivity contribution is 6.47. The molecule has 1 fully saturated rings. The minimum atomic E-state index is -0.179. The maximum Gasteiger partial charge on any atom is 0.460 e. The highest BCUT2D eigenvalue weighted by Gasteiger charge is 2.52. The van der Waals surface area contributed by atoms with Crippen molar-refractivity contribution >= 4 is 7.12 Å². The summed E-state index contributed by atoms with van der Waals surface area (Å²) in [6.45, 7) is 12.7. The smallest absolute Gasteiger partial charge is 0.403 e. The van der Waals surface area contributed by atoms with E-state index in [-0.39, 0.29) is 18.3 Å². The zero-order valence-corrected chi connectivity index (χ0v) is 9.68. The second kappa shape index (κ2) is 3.28. The maximum absolute atomic E-state index is 5.89. The SMILES string of the molecule is CC[C@H](C)B1OC(C)(C)C(C)(C)O1. The molecule has 0 bridgehead atoms. The fourth-order valence-electron chi connectivity index (χ4n) is 1.31. The van der Waals surface area contributed by atoms with Gasteiger partial charge in [0.2, 0.25) is 0 Å². The van der Waals surface area contributed by atoms with Crippen LogP contribution in [-0.4, -0.2) is 18.3 Å². The Morgan fingerprint density at radius 3 is 1.77 bits per heavy atom. The molecule has 0 radical (unpaired) electrons. The molecule has 0 unspecified atom stereocenters. The number of hydrogen-bond donors (Lipinski definition) is 0. The molecule has 0 aromatic heterocycles. The Morgan fingerprint density at radius 2 is 1.46 bits per heavy atom. The second-order valence-electron chi connectivity index (χ2n) is 5.01. The fourth-order valence-corrected chi connectivity index (χ4v) is 1.31. The first-order chi connectivity index (χ1) is 5.80. The summed E-state index contributed by atoms with van der Waals surface area (Å²) in [5.74, 6) is 0.473. The topological polar surface area (TPSA) is 18.5 Å². The third kappa shape index (κ3) is 1.91. The van der Waals surface area contributed by atoms with Crippen LogP contribution < -0.4 is 0 Å². The van der Waals surface area contributed by atoms with Gasteiger partial charge in [0, 0.05) is 0 Å². The van der Waals surface area contributed by atoms with Crippen molar-refractivity contribution in [3.05, 3.63) is 0 Å². The van der Waals surface area contributed by atoms with E-state index in [0.717, 1.165) is 6.42 Å². The molecule has 1 heterocycles. The van der Waals surface area contributed by atoms with Gasteiger partial charge in [0.15, 0.2) is 0 Å². The summed E-state index contributed by atoms with van der Waals surface area (Å²) in [6.07, 6.45) is 1.09. The van der Waals surface area contributed by atoms with Gasteiger partial charge in [0.1, 0.15) is 0 Å². The normalized spacial score (nSPS) is 27.7. The van der Waals surface area contributed by atoms with Crippen molar-refractivity contribution in [2.75, 3.05) is 0 Å².